The molecule has 0 aliphatic carbocycles. The summed E-state index contributed by atoms with van der Waals surface area (Å²) in [7, 11) is -0.833. The molecule has 34 heavy (non-hydrogen) atoms. The number of hydrogen-bond donors (Lipinski definition) is 3. The van der Waals surface area contributed by atoms with Crippen LogP contribution in [0.5, 0.6) is 17.2 Å². The molecule has 0 aliphatic rings. The third kappa shape index (κ3) is 6.36. The van der Waals surface area contributed by atoms with E-state index in [0.717, 1.165) is 0 Å². The van der Waals surface area contributed by atoms with Crippen molar-refractivity contribution >= 4 is 21.6 Å². The van der Waals surface area contributed by atoms with E-state index in [1.807, 2.05) is 0 Å². The van der Waals surface area contributed by atoms with Gasteiger partial charge in [0.1, 0.15) is 12.7 Å². The van der Waals surface area contributed by atoms with Gasteiger partial charge in [-0.3, -0.25) is 14.5 Å². The summed E-state index contributed by atoms with van der Waals surface area (Å²) in [4.78, 5) is 16.2. The first-order chi connectivity index (χ1) is 16.3. The minimum atomic E-state index is -3.81. The van der Waals surface area contributed by atoms with E-state index in [2.05, 4.69) is 15.0 Å². The molecule has 3 N–H and O–H groups in total. The lowest BCUT2D eigenvalue weighted by atomic mass is 10.2. The first-order valence-corrected chi connectivity index (χ1v) is 11.7. The molecular formula is C23H25N3O7S. The Morgan fingerprint density at radius 3 is 2.21 bits per heavy atom. The van der Waals surface area contributed by atoms with Gasteiger partial charge in [-0.15, -0.1) is 0 Å². The number of ether oxygens (including phenoxy) is 3. The van der Waals surface area contributed by atoms with Crippen molar-refractivity contribution in [3.05, 3.63) is 72.6 Å². The van der Waals surface area contributed by atoms with Crippen LogP contribution in [-0.4, -0.2) is 57.9 Å². The number of nitrogens with one attached hydrogen (secondary N) is 2. The normalized spacial score (nSPS) is 11.9. The number of para-hydroxylation sites is 1. The van der Waals surface area contributed by atoms with Crippen LogP contribution in [0.15, 0.2) is 71.9 Å². The summed E-state index contributed by atoms with van der Waals surface area (Å²) in [5.41, 5.74) is 0.612. The number of anilines is 1. The zero-order valence-electron chi connectivity index (χ0n) is 18.6. The lowest BCUT2D eigenvalue weighted by Crippen LogP contribution is -2.35. The maximum absolute atomic E-state index is 12.5. The molecule has 3 aromatic rings. The van der Waals surface area contributed by atoms with Gasteiger partial charge < -0.3 is 24.6 Å². The van der Waals surface area contributed by atoms with E-state index in [4.69, 9.17) is 14.2 Å². The van der Waals surface area contributed by atoms with E-state index in [9.17, 15) is 18.3 Å². The number of sulfonamides is 1. The number of aliphatic hydroxyl groups is 1. The first kappa shape index (κ1) is 24.8. The second kappa shape index (κ2) is 11.3. The molecule has 11 heteroatoms. The van der Waals surface area contributed by atoms with Crippen molar-refractivity contribution in [3.63, 3.8) is 0 Å². The van der Waals surface area contributed by atoms with Crippen molar-refractivity contribution in [1.29, 1.82) is 0 Å². The number of nitrogens with zero attached hydrogens (tertiary/aromatic N) is 1. The Hall–Kier alpha value is -3.83. The van der Waals surface area contributed by atoms with E-state index >= 15 is 0 Å². The molecule has 1 aromatic heterocycles. The summed E-state index contributed by atoms with van der Waals surface area (Å²) in [5, 5.41) is 12.8. The van der Waals surface area contributed by atoms with Crippen LogP contribution >= 0.6 is 0 Å². The SMILES string of the molecule is COc1cccc(OC)c1OCC(O)CNC(=O)c1ccc(S(=O)(=O)Nc2ccncc2)cc1. The highest BCUT2D eigenvalue weighted by Crippen LogP contribution is 2.36. The fraction of sp³-hybridized carbons (Fsp3) is 0.217. The zero-order valence-corrected chi connectivity index (χ0v) is 19.4. The standard InChI is InChI=1S/C23H25N3O7S/c1-31-20-4-3-5-21(32-2)22(20)33-15-18(27)14-25-23(28)16-6-8-19(9-7-16)34(29,30)26-17-10-12-24-13-11-17/h3-13,18,27H,14-15H2,1-2H3,(H,24,26)(H,25,28). The van der Waals surface area contributed by atoms with Crippen LogP contribution < -0.4 is 24.2 Å². The van der Waals surface area contributed by atoms with Crippen LogP contribution in [0.1, 0.15) is 10.4 Å². The topological polar surface area (TPSA) is 136 Å². The van der Waals surface area contributed by atoms with Gasteiger partial charge in [0, 0.05) is 24.5 Å². The summed E-state index contributed by atoms with van der Waals surface area (Å²) in [6.45, 7) is -0.200. The molecule has 1 amide bonds. The maximum Gasteiger partial charge on any atom is 0.261 e. The minimum absolute atomic E-state index is 0.0000487. The summed E-state index contributed by atoms with van der Waals surface area (Å²) in [5.74, 6) is 0.767. The largest absolute Gasteiger partial charge is 0.493 e. The molecule has 1 heterocycles. The number of benzene rings is 2. The molecule has 1 atom stereocenters. The van der Waals surface area contributed by atoms with Gasteiger partial charge in [-0.2, -0.15) is 0 Å². The predicted octanol–water partition coefficient (Wildman–Crippen LogP) is 2.07. The number of carbonyl (C=O) groups excluding carboxylic acids is 1. The summed E-state index contributed by atoms with van der Waals surface area (Å²) in [6.07, 6.45) is 1.93. The van der Waals surface area contributed by atoms with Gasteiger partial charge in [0.25, 0.3) is 15.9 Å². The number of aromatic nitrogens is 1. The predicted molar refractivity (Wildman–Crippen MR) is 125 cm³/mol. The number of carbonyl (C=O) groups is 1. The third-order valence-corrected chi connectivity index (χ3v) is 6.06. The van der Waals surface area contributed by atoms with E-state index in [1.54, 1.807) is 18.2 Å². The number of pyridine rings is 1. The Balaban J connectivity index is 1.54. The van der Waals surface area contributed by atoms with Gasteiger partial charge >= 0.3 is 0 Å². The summed E-state index contributed by atoms with van der Waals surface area (Å²) >= 11 is 0. The van der Waals surface area contributed by atoms with E-state index in [1.165, 1.54) is 63.0 Å². The third-order valence-electron chi connectivity index (χ3n) is 4.66. The molecule has 3 rings (SSSR count). The Morgan fingerprint density at radius 1 is 1.00 bits per heavy atom. The quantitative estimate of drug-likeness (QED) is 0.374. The highest BCUT2D eigenvalue weighted by Gasteiger charge is 2.17. The first-order valence-electron chi connectivity index (χ1n) is 10.2. The van der Waals surface area contributed by atoms with Gasteiger partial charge in [-0.05, 0) is 48.5 Å². The smallest absolute Gasteiger partial charge is 0.261 e. The Kier molecular flexibility index (Phi) is 8.28. The number of aliphatic hydroxyl groups excluding tert-OH is 1. The van der Waals surface area contributed by atoms with Crippen LogP contribution in [0.3, 0.4) is 0 Å². The molecule has 0 spiro atoms. The molecule has 0 saturated carbocycles. The van der Waals surface area contributed by atoms with Crippen LogP contribution in [-0.2, 0) is 10.0 Å². The van der Waals surface area contributed by atoms with Gasteiger partial charge in [0.05, 0.1) is 24.8 Å². The molecular weight excluding hydrogens is 462 g/mol. The fourth-order valence-corrected chi connectivity index (χ4v) is 3.99. The lowest BCUT2D eigenvalue weighted by Gasteiger charge is -2.17. The van der Waals surface area contributed by atoms with Crippen molar-refractivity contribution in [2.24, 2.45) is 0 Å². The Labute approximate surface area is 197 Å². The lowest BCUT2D eigenvalue weighted by molar-refractivity contribution is 0.0833. The van der Waals surface area contributed by atoms with Crippen molar-refractivity contribution in [1.82, 2.24) is 10.3 Å². The van der Waals surface area contributed by atoms with Crippen LogP contribution in [0.4, 0.5) is 5.69 Å². The molecule has 180 valence electrons. The average molecular weight is 488 g/mol. The van der Waals surface area contributed by atoms with E-state index in [-0.39, 0.29) is 23.6 Å². The molecule has 0 radical (unpaired) electrons. The zero-order chi connectivity index (χ0) is 24.6. The molecule has 2 aromatic carbocycles. The van der Waals surface area contributed by atoms with Crippen molar-refractivity contribution < 1.29 is 32.5 Å². The molecule has 1 unspecified atom stereocenters. The van der Waals surface area contributed by atoms with Gasteiger partial charge in [-0.1, -0.05) is 6.07 Å². The molecule has 10 nitrogen and oxygen atoms in total. The monoisotopic (exact) mass is 487 g/mol. The summed E-state index contributed by atoms with van der Waals surface area (Å²) in [6, 6.07) is 13.6. The molecule has 0 fully saturated rings. The van der Waals surface area contributed by atoms with Crippen molar-refractivity contribution in [3.8, 4) is 17.2 Å². The molecule has 0 aliphatic heterocycles. The minimum Gasteiger partial charge on any atom is -0.493 e. The van der Waals surface area contributed by atoms with E-state index in [0.29, 0.717) is 22.9 Å². The molecule has 0 saturated heterocycles. The van der Waals surface area contributed by atoms with Gasteiger partial charge in [-0.25, -0.2) is 8.42 Å². The second-order valence-corrected chi connectivity index (χ2v) is 8.71. The highest BCUT2D eigenvalue weighted by molar-refractivity contribution is 7.92. The Bertz CT molecular complexity index is 1180. The summed E-state index contributed by atoms with van der Waals surface area (Å²) < 4.78 is 43.5. The molecule has 0 bridgehead atoms. The van der Waals surface area contributed by atoms with Crippen LogP contribution in [0, 0.1) is 0 Å². The van der Waals surface area contributed by atoms with E-state index < -0.39 is 22.0 Å². The van der Waals surface area contributed by atoms with Crippen LogP contribution in [0.25, 0.3) is 0 Å². The number of amides is 1. The average Bonchev–Trinajstić information content (AvgIpc) is 2.86. The fourth-order valence-electron chi connectivity index (χ4n) is 2.93. The van der Waals surface area contributed by atoms with Gasteiger partial charge in [0.15, 0.2) is 11.5 Å². The number of methoxy groups -OCH3 is 2. The van der Waals surface area contributed by atoms with Crippen molar-refractivity contribution in [2.75, 3.05) is 32.1 Å². The van der Waals surface area contributed by atoms with Crippen LogP contribution in [0.2, 0.25) is 0 Å². The maximum atomic E-state index is 12.5. The number of rotatable bonds is 11. The number of hydrogen-bond acceptors (Lipinski definition) is 8. The second-order valence-electron chi connectivity index (χ2n) is 7.03. The van der Waals surface area contributed by atoms with Crippen molar-refractivity contribution in [2.45, 2.75) is 11.0 Å². The van der Waals surface area contributed by atoms with Gasteiger partial charge in [0.2, 0.25) is 5.75 Å². The highest BCUT2D eigenvalue weighted by atomic mass is 32.2. The Morgan fingerprint density at radius 2 is 1.62 bits per heavy atom.